The van der Waals surface area contributed by atoms with Crippen molar-refractivity contribution in [1.82, 2.24) is 0 Å². The smallest absolute Gasteiger partial charge is 0.138 e. The van der Waals surface area contributed by atoms with E-state index < -0.39 is 5.60 Å². The molecule has 0 atom stereocenters. The lowest BCUT2D eigenvalue weighted by atomic mass is 10.1. The van der Waals surface area contributed by atoms with Gasteiger partial charge in [-0.3, -0.25) is 0 Å². The molecule has 1 saturated heterocycles. The third-order valence-corrected chi connectivity index (χ3v) is 4.60. The molecule has 2 nitrogen and oxygen atoms in total. The van der Waals surface area contributed by atoms with Crippen LogP contribution in [0.15, 0.2) is 18.2 Å². The second-order valence-electron chi connectivity index (χ2n) is 4.45. The quantitative estimate of drug-likeness (QED) is 0.902. The van der Waals surface area contributed by atoms with Crippen LogP contribution in [0.3, 0.4) is 0 Å². The third-order valence-electron chi connectivity index (χ3n) is 3.09. The summed E-state index contributed by atoms with van der Waals surface area (Å²) in [5.41, 5.74) is 0.293. The van der Waals surface area contributed by atoms with E-state index in [0.717, 1.165) is 35.7 Å². The summed E-state index contributed by atoms with van der Waals surface area (Å²) in [6.07, 6.45) is 1.98. The molecule has 86 valence electrons. The molecule has 0 amide bonds. The summed E-state index contributed by atoms with van der Waals surface area (Å²) in [6.45, 7) is 0. The fraction of sp³-hybridized carbons (Fsp3) is 0.500. The Morgan fingerprint density at radius 1 is 1.38 bits per heavy atom. The first-order valence-corrected chi connectivity index (χ1v) is 6.97. The van der Waals surface area contributed by atoms with Crippen molar-refractivity contribution in [3.8, 4) is 5.75 Å². The SMILES string of the molecule is OC1(c2ccc(OC3CSC3)c(Cl)c2)CC1. The Morgan fingerprint density at radius 3 is 2.62 bits per heavy atom. The van der Waals surface area contributed by atoms with E-state index >= 15 is 0 Å². The van der Waals surface area contributed by atoms with Crippen LogP contribution in [0.1, 0.15) is 18.4 Å². The van der Waals surface area contributed by atoms with Crippen LogP contribution in [0.5, 0.6) is 5.75 Å². The molecule has 0 aromatic heterocycles. The molecule has 4 heteroatoms. The Kier molecular flexibility index (Phi) is 2.57. The average molecular weight is 257 g/mol. The Labute approximate surface area is 104 Å². The molecule has 0 unspecified atom stereocenters. The van der Waals surface area contributed by atoms with Gasteiger partial charge in [0.15, 0.2) is 0 Å². The standard InChI is InChI=1S/C12H13ClO2S/c13-10-5-8(12(14)3-4-12)1-2-11(10)15-9-6-16-7-9/h1-2,5,9,14H,3-4,6-7H2. The van der Waals surface area contributed by atoms with E-state index in [0.29, 0.717) is 11.1 Å². The van der Waals surface area contributed by atoms with Crippen molar-refractivity contribution in [3.63, 3.8) is 0 Å². The monoisotopic (exact) mass is 256 g/mol. The highest BCUT2D eigenvalue weighted by Crippen LogP contribution is 2.46. The van der Waals surface area contributed by atoms with Gasteiger partial charge < -0.3 is 9.84 Å². The van der Waals surface area contributed by atoms with E-state index in [1.54, 1.807) is 0 Å². The van der Waals surface area contributed by atoms with Crippen molar-refractivity contribution in [1.29, 1.82) is 0 Å². The Hall–Kier alpha value is -0.380. The van der Waals surface area contributed by atoms with E-state index in [4.69, 9.17) is 16.3 Å². The van der Waals surface area contributed by atoms with Gasteiger partial charge in [-0.25, -0.2) is 0 Å². The van der Waals surface area contributed by atoms with Crippen molar-refractivity contribution in [2.45, 2.75) is 24.5 Å². The summed E-state index contributed by atoms with van der Waals surface area (Å²) < 4.78 is 5.73. The maximum atomic E-state index is 9.95. The predicted molar refractivity (Wildman–Crippen MR) is 66.3 cm³/mol. The topological polar surface area (TPSA) is 29.5 Å². The van der Waals surface area contributed by atoms with E-state index in [-0.39, 0.29) is 0 Å². The van der Waals surface area contributed by atoms with Gasteiger partial charge >= 0.3 is 0 Å². The van der Waals surface area contributed by atoms with Crippen LogP contribution in [0.4, 0.5) is 0 Å². The number of hydrogen-bond acceptors (Lipinski definition) is 3. The van der Waals surface area contributed by atoms with Gasteiger partial charge in [-0.05, 0) is 30.5 Å². The fourth-order valence-electron chi connectivity index (χ4n) is 1.75. The third kappa shape index (κ3) is 1.92. The van der Waals surface area contributed by atoms with E-state index in [9.17, 15) is 5.11 Å². The molecule has 16 heavy (non-hydrogen) atoms. The predicted octanol–water partition coefficient (Wildman–Crippen LogP) is 2.82. The molecule has 0 radical (unpaired) electrons. The fourth-order valence-corrected chi connectivity index (χ4v) is 2.54. The number of rotatable bonds is 3. The van der Waals surface area contributed by atoms with Gasteiger partial charge in [0.1, 0.15) is 11.9 Å². The second kappa shape index (κ2) is 3.83. The van der Waals surface area contributed by atoms with Crippen LogP contribution < -0.4 is 4.74 Å². The molecule has 0 spiro atoms. The lowest BCUT2D eigenvalue weighted by Crippen LogP contribution is -2.31. The van der Waals surface area contributed by atoms with E-state index in [2.05, 4.69) is 0 Å². The molecule has 1 aromatic carbocycles. The highest BCUT2D eigenvalue weighted by atomic mass is 35.5. The molecular weight excluding hydrogens is 244 g/mol. The minimum atomic E-state index is -0.617. The van der Waals surface area contributed by atoms with Crippen LogP contribution in [-0.4, -0.2) is 22.7 Å². The van der Waals surface area contributed by atoms with E-state index in [1.807, 2.05) is 30.0 Å². The molecule has 1 aromatic rings. The summed E-state index contributed by atoms with van der Waals surface area (Å²) in [4.78, 5) is 0. The number of hydrogen-bond donors (Lipinski definition) is 1. The zero-order valence-electron chi connectivity index (χ0n) is 8.78. The highest BCUT2D eigenvalue weighted by Gasteiger charge is 2.42. The van der Waals surface area contributed by atoms with E-state index in [1.165, 1.54) is 0 Å². The van der Waals surface area contributed by atoms with Crippen molar-refractivity contribution in [2.24, 2.45) is 0 Å². The molecule has 1 heterocycles. The zero-order chi connectivity index (χ0) is 11.2. The number of thioether (sulfide) groups is 1. The highest BCUT2D eigenvalue weighted by molar-refractivity contribution is 8.00. The Balaban J connectivity index is 1.79. The lowest BCUT2D eigenvalue weighted by Gasteiger charge is -2.26. The molecule has 0 bridgehead atoms. The van der Waals surface area contributed by atoms with Crippen LogP contribution in [-0.2, 0) is 5.60 Å². The van der Waals surface area contributed by atoms with Crippen LogP contribution >= 0.6 is 23.4 Å². The molecule has 2 fully saturated rings. The molecule has 1 saturated carbocycles. The molecular formula is C12H13ClO2S. The maximum absolute atomic E-state index is 9.95. The molecule has 3 rings (SSSR count). The van der Waals surface area contributed by atoms with Crippen molar-refractivity contribution in [3.05, 3.63) is 28.8 Å². The van der Waals surface area contributed by atoms with Gasteiger partial charge in [0.05, 0.1) is 10.6 Å². The minimum absolute atomic E-state index is 0.303. The van der Waals surface area contributed by atoms with Crippen molar-refractivity contribution >= 4 is 23.4 Å². The normalized spacial score (nSPS) is 22.6. The van der Waals surface area contributed by atoms with Gasteiger partial charge in [0.25, 0.3) is 0 Å². The van der Waals surface area contributed by atoms with Crippen LogP contribution in [0.2, 0.25) is 5.02 Å². The Bertz CT molecular complexity index is 413. The van der Waals surface area contributed by atoms with Crippen LogP contribution in [0, 0.1) is 0 Å². The van der Waals surface area contributed by atoms with Crippen molar-refractivity contribution in [2.75, 3.05) is 11.5 Å². The lowest BCUT2D eigenvalue weighted by molar-refractivity contribution is 0.151. The van der Waals surface area contributed by atoms with Gasteiger partial charge in [-0.15, -0.1) is 0 Å². The second-order valence-corrected chi connectivity index (χ2v) is 5.94. The average Bonchev–Trinajstić information content (AvgIpc) is 2.93. The summed E-state index contributed by atoms with van der Waals surface area (Å²) in [5.74, 6) is 2.82. The summed E-state index contributed by atoms with van der Waals surface area (Å²) in [7, 11) is 0. The number of benzene rings is 1. The zero-order valence-corrected chi connectivity index (χ0v) is 10.4. The largest absolute Gasteiger partial charge is 0.487 e. The number of aliphatic hydroxyl groups is 1. The van der Waals surface area contributed by atoms with Crippen molar-refractivity contribution < 1.29 is 9.84 Å². The first-order chi connectivity index (χ1) is 7.67. The van der Waals surface area contributed by atoms with Crippen LogP contribution in [0.25, 0.3) is 0 Å². The molecule has 1 aliphatic carbocycles. The molecule has 2 aliphatic rings. The molecule has 1 N–H and O–H groups in total. The maximum Gasteiger partial charge on any atom is 0.138 e. The number of halogens is 1. The van der Waals surface area contributed by atoms with Gasteiger partial charge in [-0.2, -0.15) is 11.8 Å². The first-order valence-electron chi connectivity index (χ1n) is 5.44. The van der Waals surface area contributed by atoms with Gasteiger partial charge in [0, 0.05) is 11.5 Å². The van der Waals surface area contributed by atoms with Gasteiger partial charge in [0.2, 0.25) is 0 Å². The first kappa shape index (κ1) is 10.8. The Morgan fingerprint density at radius 2 is 2.12 bits per heavy atom. The number of ether oxygens (including phenoxy) is 1. The summed E-state index contributed by atoms with van der Waals surface area (Å²) >= 11 is 8.03. The summed E-state index contributed by atoms with van der Waals surface area (Å²) in [5, 5.41) is 10.6. The van der Waals surface area contributed by atoms with Gasteiger partial charge in [-0.1, -0.05) is 17.7 Å². The molecule has 1 aliphatic heterocycles. The minimum Gasteiger partial charge on any atom is -0.487 e. The summed E-state index contributed by atoms with van der Waals surface area (Å²) in [6, 6.07) is 5.62.